The van der Waals surface area contributed by atoms with Gasteiger partial charge in [-0.1, -0.05) is 63.4 Å². The number of nitrogens with one attached hydrogen (secondary N) is 1. The third-order valence-electron chi connectivity index (χ3n) is 7.89. The number of esters is 1. The lowest BCUT2D eigenvalue weighted by molar-refractivity contribution is -0.143. The molecule has 0 radical (unpaired) electrons. The lowest BCUT2D eigenvalue weighted by Crippen LogP contribution is -2.46. The molecule has 2 aromatic carbocycles. The van der Waals surface area contributed by atoms with Crippen LogP contribution in [0.15, 0.2) is 42.5 Å². The zero-order chi connectivity index (χ0) is 28.0. The standard InChI is InChI=1S/C31H43F3N2O3/c1-3-24(13-10-17-39-35-22-25-20-28(33)29(34)21-27(25)32)26-14-8-9-15-30(26)36(4-2)16-18-38-31(37)19-23-11-6-5-7-12-23/h5-7,11-12,20-21,24,26,30,35H,3-4,8-10,13-19,22H2,1-2H3. The number of ether oxygens (including phenoxy) is 1. The van der Waals surface area contributed by atoms with Crippen LogP contribution in [0.4, 0.5) is 13.2 Å². The van der Waals surface area contributed by atoms with E-state index >= 15 is 0 Å². The van der Waals surface area contributed by atoms with Gasteiger partial charge in [0.1, 0.15) is 12.4 Å². The first-order chi connectivity index (χ1) is 18.9. The van der Waals surface area contributed by atoms with Crippen LogP contribution in [0.3, 0.4) is 0 Å². The van der Waals surface area contributed by atoms with Gasteiger partial charge in [-0.05, 0) is 55.7 Å². The van der Waals surface area contributed by atoms with Gasteiger partial charge >= 0.3 is 5.97 Å². The molecule has 0 aromatic heterocycles. The maximum atomic E-state index is 13.8. The summed E-state index contributed by atoms with van der Waals surface area (Å²) in [5, 5.41) is 0. The third-order valence-corrected chi connectivity index (χ3v) is 7.89. The van der Waals surface area contributed by atoms with E-state index < -0.39 is 17.5 Å². The fourth-order valence-corrected chi connectivity index (χ4v) is 5.83. The Morgan fingerprint density at radius 2 is 1.77 bits per heavy atom. The summed E-state index contributed by atoms with van der Waals surface area (Å²) < 4.78 is 45.8. The molecule has 216 valence electrons. The first-order valence-corrected chi connectivity index (χ1v) is 14.3. The molecule has 0 aliphatic heterocycles. The summed E-state index contributed by atoms with van der Waals surface area (Å²) in [5.74, 6) is -2.14. The largest absolute Gasteiger partial charge is 0.464 e. The molecular weight excluding hydrogens is 505 g/mol. The predicted octanol–water partition coefficient (Wildman–Crippen LogP) is 6.60. The average molecular weight is 549 g/mol. The van der Waals surface area contributed by atoms with Gasteiger partial charge in [-0.3, -0.25) is 9.69 Å². The Kier molecular flexibility index (Phi) is 13.3. The van der Waals surface area contributed by atoms with Crippen molar-refractivity contribution in [1.82, 2.24) is 10.4 Å². The summed E-state index contributed by atoms with van der Waals surface area (Å²) in [6, 6.07) is 11.5. The molecule has 5 nitrogen and oxygen atoms in total. The van der Waals surface area contributed by atoms with E-state index in [0.29, 0.717) is 43.6 Å². The third kappa shape index (κ3) is 9.92. The van der Waals surface area contributed by atoms with Crippen LogP contribution in [0.2, 0.25) is 0 Å². The lowest BCUT2D eigenvalue weighted by atomic mass is 9.73. The predicted molar refractivity (Wildman–Crippen MR) is 146 cm³/mol. The summed E-state index contributed by atoms with van der Waals surface area (Å²) in [4.78, 5) is 20.2. The van der Waals surface area contributed by atoms with Crippen molar-refractivity contribution >= 4 is 5.97 Å². The van der Waals surface area contributed by atoms with Gasteiger partial charge in [0.05, 0.1) is 13.0 Å². The van der Waals surface area contributed by atoms with Crippen LogP contribution in [0, 0.1) is 29.3 Å². The normalized spacial score (nSPS) is 18.3. The highest BCUT2D eigenvalue weighted by Gasteiger charge is 2.34. The molecule has 1 aliphatic rings. The minimum Gasteiger partial charge on any atom is -0.464 e. The Bertz CT molecular complexity index is 1010. The Balaban J connectivity index is 1.42. The minimum absolute atomic E-state index is 0.0239. The van der Waals surface area contributed by atoms with Crippen molar-refractivity contribution < 1.29 is 27.5 Å². The van der Waals surface area contributed by atoms with E-state index in [4.69, 9.17) is 9.57 Å². The van der Waals surface area contributed by atoms with E-state index in [1.54, 1.807) is 0 Å². The van der Waals surface area contributed by atoms with Gasteiger partial charge in [0.25, 0.3) is 0 Å². The summed E-state index contributed by atoms with van der Waals surface area (Å²) >= 11 is 0. The Morgan fingerprint density at radius 3 is 2.51 bits per heavy atom. The van der Waals surface area contributed by atoms with E-state index in [-0.39, 0.29) is 18.1 Å². The Hall–Kier alpha value is -2.42. The molecule has 3 unspecified atom stereocenters. The van der Waals surface area contributed by atoms with Crippen LogP contribution in [-0.4, -0.2) is 43.2 Å². The first kappa shape index (κ1) is 31.1. The molecular formula is C31H43F3N2O3. The second kappa shape index (κ2) is 16.6. The number of hydrogen-bond donors (Lipinski definition) is 1. The zero-order valence-electron chi connectivity index (χ0n) is 23.3. The summed E-state index contributed by atoms with van der Waals surface area (Å²) in [6.45, 7) is 6.89. The van der Waals surface area contributed by atoms with Crippen molar-refractivity contribution in [1.29, 1.82) is 0 Å². The van der Waals surface area contributed by atoms with Crippen LogP contribution in [-0.2, 0) is 27.3 Å². The maximum absolute atomic E-state index is 13.8. The fraction of sp³-hybridized carbons (Fsp3) is 0.581. The van der Waals surface area contributed by atoms with E-state index in [9.17, 15) is 18.0 Å². The smallest absolute Gasteiger partial charge is 0.310 e. The summed E-state index contributed by atoms with van der Waals surface area (Å²) in [6.07, 6.45) is 8.05. The number of hydroxylamine groups is 1. The topological polar surface area (TPSA) is 50.8 Å². The van der Waals surface area contributed by atoms with Crippen LogP contribution in [0.5, 0.6) is 0 Å². The average Bonchev–Trinajstić information content (AvgIpc) is 2.94. The molecule has 0 amide bonds. The maximum Gasteiger partial charge on any atom is 0.310 e. The molecule has 2 aromatic rings. The lowest BCUT2D eigenvalue weighted by Gasteiger charge is -2.43. The quantitative estimate of drug-likeness (QED) is 0.111. The molecule has 0 bridgehead atoms. The number of halogens is 3. The van der Waals surface area contributed by atoms with Crippen molar-refractivity contribution in [3.05, 3.63) is 71.0 Å². The summed E-state index contributed by atoms with van der Waals surface area (Å²) in [7, 11) is 0. The van der Waals surface area contributed by atoms with E-state index in [2.05, 4.69) is 24.2 Å². The highest BCUT2D eigenvalue weighted by atomic mass is 19.2. The Labute approximate surface area is 231 Å². The monoisotopic (exact) mass is 548 g/mol. The van der Waals surface area contributed by atoms with Gasteiger partial charge in [-0.25, -0.2) is 13.2 Å². The fourth-order valence-electron chi connectivity index (χ4n) is 5.83. The molecule has 3 atom stereocenters. The molecule has 8 heteroatoms. The SMILES string of the molecule is CCC(CCCONCc1cc(F)c(F)cc1F)C1CCCCC1N(CC)CCOC(=O)Cc1ccccc1. The molecule has 1 aliphatic carbocycles. The van der Waals surface area contributed by atoms with E-state index in [0.717, 1.165) is 50.4 Å². The second-order valence-corrected chi connectivity index (χ2v) is 10.4. The van der Waals surface area contributed by atoms with Crippen LogP contribution < -0.4 is 5.48 Å². The van der Waals surface area contributed by atoms with Crippen LogP contribution in [0.25, 0.3) is 0 Å². The van der Waals surface area contributed by atoms with Gasteiger partial charge < -0.3 is 9.57 Å². The van der Waals surface area contributed by atoms with Gasteiger partial charge in [0.15, 0.2) is 11.6 Å². The Morgan fingerprint density at radius 1 is 1.03 bits per heavy atom. The summed E-state index contributed by atoms with van der Waals surface area (Å²) in [5.41, 5.74) is 3.65. The molecule has 0 spiro atoms. The van der Waals surface area contributed by atoms with Gasteiger partial charge in [-0.2, -0.15) is 5.48 Å². The number of hydrogen-bond acceptors (Lipinski definition) is 5. The van der Waals surface area contributed by atoms with Crippen LogP contribution >= 0.6 is 0 Å². The molecule has 39 heavy (non-hydrogen) atoms. The van der Waals surface area contributed by atoms with Crippen molar-refractivity contribution in [3.63, 3.8) is 0 Å². The van der Waals surface area contributed by atoms with Crippen molar-refractivity contribution in [3.8, 4) is 0 Å². The number of benzene rings is 2. The van der Waals surface area contributed by atoms with Gasteiger partial charge in [0, 0.05) is 30.8 Å². The van der Waals surface area contributed by atoms with E-state index in [1.165, 1.54) is 19.3 Å². The number of carbonyl (C=O) groups is 1. The van der Waals surface area contributed by atoms with Crippen LogP contribution in [0.1, 0.15) is 69.9 Å². The zero-order valence-corrected chi connectivity index (χ0v) is 23.3. The number of nitrogens with zero attached hydrogens (tertiary/aromatic N) is 1. The molecule has 1 saturated carbocycles. The first-order valence-electron chi connectivity index (χ1n) is 14.3. The molecule has 0 saturated heterocycles. The van der Waals surface area contributed by atoms with Crippen molar-refractivity contribution in [2.75, 3.05) is 26.3 Å². The number of likely N-dealkylation sites (N-methyl/N-ethyl adjacent to an activating group) is 1. The second-order valence-electron chi connectivity index (χ2n) is 10.4. The van der Waals surface area contributed by atoms with Gasteiger partial charge in [-0.15, -0.1) is 0 Å². The highest BCUT2D eigenvalue weighted by molar-refractivity contribution is 5.72. The minimum atomic E-state index is -1.20. The molecule has 0 heterocycles. The van der Waals surface area contributed by atoms with E-state index in [1.807, 2.05) is 30.3 Å². The molecule has 3 rings (SSSR count). The van der Waals surface area contributed by atoms with Crippen molar-refractivity contribution in [2.24, 2.45) is 11.8 Å². The number of carbonyl (C=O) groups excluding carboxylic acids is 1. The molecule has 1 N–H and O–H groups in total. The number of rotatable bonds is 16. The van der Waals surface area contributed by atoms with Gasteiger partial charge in [0.2, 0.25) is 0 Å². The molecule has 1 fully saturated rings. The van der Waals surface area contributed by atoms with Crippen molar-refractivity contribution in [2.45, 2.75) is 77.8 Å². The highest BCUT2D eigenvalue weighted by Crippen LogP contribution is 2.37.